The molecule has 0 aromatic rings. The number of alkyl halides is 7. The topological polar surface area (TPSA) is 9.23 Å². The molecule has 2 bridgehead atoms. The summed E-state index contributed by atoms with van der Waals surface area (Å²) in [5, 5.41) is -0.0309. The van der Waals surface area contributed by atoms with Gasteiger partial charge in [0.2, 0.25) is 6.10 Å². The van der Waals surface area contributed by atoms with Crippen LogP contribution in [-0.4, -0.2) is 29.4 Å². The van der Waals surface area contributed by atoms with Gasteiger partial charge in [-0.2, -0.15) is 26.3 Å². The van der Waals surface area contributed by atoms with Gasteiger partial charge in [0.1, 0.15) is 0 Å². The van der Waals surface area contributed by atoms with Gasteiger partial charge in [0.25, 0.3) is 0 Å². The smallest absolute Gasteiger partial charge is 0.353 e. The van der Waals surface area contributed by atoms with E-state index >= 15 is 0 Å². The lowest BCUT2D eigenvalue weighted by Crippen LogP contribution is -2.59. The summed E-state index contributed by atoms with van der Waals surface area (Å²) < 4.78 is 81.7. The van der Waals surface area contributed by atoms with Crippen LogP contribution in [0.5, 0.6) is 0 Å². The lowest BCUT2D eigenvalue weighted by molar-refractivity contribution is -0.356. The van der Waals surface area contributed by atoms with Gasteiger partial charge < -0.3 is 4.74 Å². The zero-order chi connectivity index (χ0) is 16.3. The molecule has 21 heavy (non-hydrogen) atoms. The molecular weight excluding hydrogens is 366 g/mol. The molecule has 0 radical (unpaired) electrons. The molecule has 2 fully saturated rings. The lowest BCUT2D eigenvalue weighted by atomic mass is 9.66. The van der Waals surface area contributed by atoms with Crippen LogP contribution in [0.3, 0.4) is 0 Å². The third-order valence-corrected chi connectivity index (χ3v) is 6.16. The Hall–Kier alpha value is 0.0200. The van der Waals surface area contributed by atoms with Crippen molar-refractivity contribution in [1.82, 2.24) is 0 Å². The van der Waals surface area contributed by atoms with Crippen LogP contribution in [0.1, 0.15) is 33.1 Å². The van der Waals surface area contributed by atoms with Crippen LogP contribution in [0, 0.1) is 17.3 Å². The first-order valence-electron chi connectivity index (χ1n) is 6.73. The molecular formula is C13H17BrF6O. The molecule has 2 aliphatic carbocycles. The van der Waals surface area contributed by atoms with Crippen LogP contribution in [0.4, 0.5) is 26.3 Å². The second-order valence-electron chi connectivity index (χ2n) is 6.53. The zero-order valence-electron chi connectivity index (χ0n) is 11.6. The molecule has 1 nitrogen and oxygen atoms in total. The SMILES string of the molecule is CC1(C)C2CCC(C2)C1(CBr)OC(C(F)(F)F)C(F)(F)F. The fourth-order valence-electron chi connectivity index (χ4n) is 4.02. The van der Waals surface area contributed by atoms with Gasteiger partial charge >= 0.3 is 12.4 Å². The third kappa shape index (κ3) is 2.60. The van der Waals surface area contributed by atoms with Crippen molar-refractivity contribution in [2.75, 3.05) is 5.33 Å². The highest BCUT2D eigenvalue weighted by atomic mass is 79.9. The molecule has 0 spiro atoms. The van der Waals surface area contributed by atoms with Crippen molar-refractivity contribution in [2.45, 2.75) is 57.2 Å². The summed E-state index contributed by atoms with van der Waals surface area (Å²) in [7, 11) is 0. The Labute approximate surface area is 127 Å². The Morgan fingerprint density at radius 1 is 1.05 bits per heavy atom. The maximum absolute atomic E-state index is 12.8. The molecule has 124 valence electrons. The minimum Gasteiger partial charge on any atom is -0.353 e. The van der Waals surface area contributed by atoms with E-state index in [0.717, 1.165) is 6.42 Å². The van der Waals surface area contributed by atoms with Crippen molar-refractivity contribution in [3.8, 4) is 0 Å². The molecule has 0 aromatic carbocycles. The quantitative estimate of drug-likeness (QED) is 0.488. The summed E-state index contributed by atoms with van der Waals surface area (Å²) in [5.41, 5.74) is -2.17. The zero-order valence-corrected chi connectivity index (χ0v) is 13.2. The van der Waals surface area contributed by atoms with Crippen molar-refractivity contribution in [3.63, 3.8) is 0 Å². The van der Waals surface area contributed by atoms with Crippen LogP contribution in [0.2, 0.25) is 0 Å². The second kappa shape index (κ2) is 5.01. The molecule has 0 aromatic heterocycles. The van der Waals surface area contributed by atoms with Gasteiger partial charge in [-0.3, -0.25) is 0 Å². The molecule has 2 aliphatic rings. The third-order valence-electron chi connectivity index (χ3n) is 5.32. The summed E-state index contributed by atoms with van der Waals surface area (Å²) in [4.78, 5) is 0. The lowest BCUT2D eigenvalue weighted by Gasteiger charge is -2.50. The average molecular weight is 383 g/mol. The number of ether oxygens (including phenoxy) is 1. The highest BCUT2D eigenvalue weighted by Gasteiger charge is 2.68. The molecule has 0 saturated heterocycles. The minimum absolute atomic E-state index is 0.0309. The number of hydrogen-bond acceptors (Lipinski definition) is 1. The number of fused-ring (bicyclic) bond motifs is 2. The van der Waals surface area contributed by atoms with Gasteiger partial charge in [-0.05, 0) is 36.5 Å². The highest BCUT2D eigenvalue weighted by molar-refractivity contribution is 9.09. The van der Waals surface area contributed by atoms with Crippen molar-refractivity contribution < 1.29 is 31.1 Å². The molecule has 0 heterocycles. The van der Waals surface area contributed by atoms with E-state index < -0.39 is 29.5 Å². The van der Waals surface area contributed by atoms with Crippen molar-refractivity contribution >= 4 is 15.9 Å². The van der Waals surface area contributed by atoms with Crippen LogP contribution >= 0.6 is 15.9 Å². The van der Waals surface area contributed by atoms with E-state index in [9.17, 15) is 26.3 Å². The van der Waals surface area contributed by atoms with E-state index in [0.29, 0.717) is 12.8 Å². The summed E-state index contributed by atoms with van der Waals surface area (Å²) in [6.45, 7) is 3.42. The van der Waals surface area contributed by atoms with Gasteiger partial charge in [0, 0.05) is 5.33 Å². The first-order chi connectivity index (χ1) is 9.36. The van der Waals surface area contributed by atoms with E-state index in [1.165, 1.54) is 0 Å². The highest BCUT2D eigenvalue weighted by Crippen LogP contribution is 2.64. The van der Waals surface area contributed by atoms with Crippen LogP contribution in [-0.2, 0) is 4.74 Å². The van der Waals surface area contributed by atoms with E-state index in [1.807, 2.05) is 0 Å². The summed E-state index contributed by atoms with van der Waals surface area (Å²) in [6.07, 6.45) is -12.6. The van der Waals surface area contributed by atoms with E-state index in [2.05, 4.69) is 15.9 Å². The molecule has 0 N–H and O–H groups in total. The molecule has 2 rings (SSSR count). The van der Waals surface area contributed by atoms with E-state index in [-0.39, 0.29) is 17.2 Å². The molecule has 8 heteroatoms. The second-order valence-corrected chi connectivity index (χ2v) is 7.09. The number of rotatable bonds is 3. The number of hydrogen-bond donors (Lipinski definition) is 0. The maximum Gasteiger partial charge on any atom is 0.423 e. The summed E-state index contributed by atoms with van der Waals surface area (Å²) in [5.74, 6) is -0.175. The maximum atomic E-state index is 12.8. The Kier molecular flexibility index (Phi) is 4.15. The van der Waals surface area contributed by atoms with Gasteiger partial charge in [0.15, 0.2) is 0 Å². The first kappa shape index (κ1) is 17.4. The summed E-state index contributed by atoms with van der Waals surface area (Å²) in [6, 6.07) is 0. The molecule has 3 atom stereocenters. The Bertz CT molecular complexity index is 390. The molecule has 3 unspecified atom stereocenters. The monoisotopic (exact) mass is 382 g/mol. The van der Waals surface area contributed by atoms with Gasteiger partial charge in [0.05, 0.1) is 5.60 Å². The molecule has 0 aliphatic heterocycles. The van der Waals surface area contributed by atoms with Crippen molar-refractivity contribution in [2.24, 2.45) is 17.3 Å². The van der Waals surface area contributed by atoms with Crippen LogP contribution in [0.25, 0.3) is 0 Å². The Balaban J connectivity index is 2.38. The summed E-state index contributed by atoms with van der Waals surface area (Å²) >= 11 is 3.11. The average Bonchev–Trinajstić information content (AvgIpc) is 2.82. The fraction of sp³-hybridized carbons (Fsp3) is 1.00. The molecule has 0 amide bonds. The predicted molar refractivity (Wildman–Crippen MR) is 68.1 cm³/mol. The largest absolute Gasteiger partial charge is 0.423 e. The number of halogens is 7. The van der Waals surface area contributed by atoms with Crippen LogP contribution in [0.15, 0.2) is 0 Å². The van der Waals surface area contributed by atoms with Crippen molar-refractivity contribution in [3.05, 3.63) is 0 Å². The van der Waals surface area contributed by atoms with E-state index in [4.69, 9.17) is 4.74 Å². The van der Waals surface area contributed by atoms with Gasteiger partial charge in [-0.15, -0.1) is 0 Å². The van der Waals surface area contributed by atoms with Crippen molar-refractivity contribution in [1.29, 1.82) is 0 Å². The Morgan fingerprint density at radius 3 is 1.86 bits per heavy atom. The first-order valence-corrected chi connectivity index (χ1v) is 7.85. The normalized spacial score (nSPS) is 35.7. The predicted octanol–water partition coefficient (Wildman–Crippen LogP) is 5.09. The standard InChI is InChI=1S/C13H17BrF6O/c1-10(2)7-3-4-8(5-7)11(10,6-14)21-9(12(15,16)17)13(18,19)20/h7-9H,3-6H2,1-2H3. The molecule has 2 saturated carbocycles. The van der Waals surface area contributed by atoms with Gasteiger partial charge in [-0.25, -0.2) is 0 Å². The fourth-order valence-corrected chi connectivity index (χ4v) is 5.34. The minimum atomic E-state index is -5.47. The van der Waals surface area contributed by atoms with E-state index in [1.54, 1.807) is 13.8 Å². The van der Waals surface area contributed by atoms with Gasteiger partial charge in [-0.1, -0.05) is 29.8 Å². The van der Waals surface area contributed by atoms with Crippen LogP contribution < -0.4 is 0 Å². The Morgan fingerprint density at radius 2 is 1.52 bits per heavy atom.